The van der Waals surface area contributed by atoms with Crippen LogP contribution in [0.4, 0.5) is 4.79 Å². The minimum absolute atomic E-state index is 0.416. The predicted molar refractivity (Wildman–Crippen MR) is 86.7 cm³/mol. The predicted octanol–water partition coefficient (Wildman–Crippen LogP) is 3.54. The van der Waals surface area contributed by atoms with E-state index in [0.29, 0.717) is 11.4 Å². The van der Waals surface area contributed by atoms with Gasteiger partial charge >= 0.3 is 12.0 Å². The first kappa shape index (κ1) is 16.0. The Bertz CT molecular complexity index is 627. The van der Waals surface area contributed by atoms with Gasteiger partial charge in [0.25, 0.3) is 0 Å². The van der Waals surface area contributed by atoms with Gasteiger partial charge in [-0.1, -0.05) is 6.07 Å². The number of urea groups is 1. The molecule has 0 aromatic carbocycles. The van der Waals surface area contributed by atoms with Gasteiger partial charge in [0.05, 0.1) is 6.54 Å². The third-order valence-electron chi connectivity index (χ3n) is 2.70. The summed E-state index contributed by atoms with van der Waals surface area (Å²) in [6.07, 6.45) is 0. The number of carbonyl (C=O) groups is 2. The number of hydrogen-bond acceptors (Lipinski definition) is 4. The Kier molecular flexibility index (Phi) is 5.38. The number of nitrogens with one attached hydrogen (secondary N) is 1. The maximum absolute atomic E-state index is 12.1. The first-order chi connectivity index (χ1) is 9.97. The highest BCUT2D eigenvalue weighted by Crippen LogP contribution is 2.22. The van der Waals surface area contributed by atoms with Gasteiger partial charge < -0.3 is 15.3 Å². The molecule has 0 saturated heterocycles. The molecule has 112 valence electrons. The molecule has 0 saturated carbocycles. The Hall–Kier alpha value is -1.38. The van der Waals surface area contributed by atoms with E-state index >= 15 is 0 Å². The topological polar surface area (TPSA) is 69.6 Å². The zero-order valence-electron chi connectivity index (χ0n) is 11.1. The van der Waals surface area contributed by atoms with Crippen molar-refractivity contribution in [1.29, 1.82) is 0 Å². The molecule has 21 heavy (non-hydrogen) atoms. The maximum atomic E-state index is 12.1. The fourth-order valence-electron chi connectivity index (χ4n) is 1.69. The van der Waals surface area contributed by atoms with Crippen molar-refractivity contribution < 1.29 is 14.7 Å². The van der Waals surface area contributed by atoms with Crippen LogP contribution >= 0.6 is 38.6 Å². The van der Waals surface area contributed by atoms with E-state index in [0.717, 1.165) is 9.35 Å². The summed E-state index contributed by atoms with van der Waals surface area (Å²) < 4.78 is 0.971. The molecule has 0 fully saturated rings. The van der Waals surface area contributed by atoms with Crippen molar-refractivity contribution >= 4 is 50.6 Å². The summed E-state index contributed by atoms with van der Waals surface area (Å²) in [5, 5.41) is 15.5. The molecule has 2 amide bonds. The number of nitrogens with zero attached hydrogens (tertiary/aromatic N) is 1. The quantitative estimate of drug-likeness (QED) is 0.822. The molecule has 0 aliphatic heterocycles. The highest BCUT2D eigenvalue weighted by molar-refractivity contribution is 9.10. The highest BCUT2D eigenvalue weighted by atomic mass is 79.9. The maximum Gasteiger partial charge on any atom is 0.331 e. The van der Waals surface area contributed by atoms with E-state index in [-0.39, 0.29) is 0 Å². The molecule has 2 heterocycles. The van der Waals surface area contributed by atoms with E-state index in [9.17, 15) is 14.7 Å². The minimum atomic E-state index is -1.07. The van der Waals surface area contributed by atoms with Gasteiger partial charge in [-0.05, 0) is 33.4 Å². The summed E-state index contributed by atoms with van der Waals surface area (Å²) in [5.41, 5.74) is 0. The molecule has 0 aliphatic rings. The second kappa shape index (κ2) is 7.06. The van der Waals surface area contributed by atoms with Gasteiger partial charge in [0.1, 0.15) is 0 Å². The van der Waals surface area contributed by atoms with Crippen LogP contribution in [0.25, 0.3) is 0 Å². The Morgan fingerprint density at radius 1 is 1.48 bits per heavy atom. The minimum Gasteiger partial charge on any atom is -0.479 e. The average molecular weight is 389 g/mol. The van der Waals surface area contributed by atoms with E-state index in [1.807, 2.05) is 11.4 Å². The first-order valence-electron chi connectivity index (χ1n) is 5.98. The summed E-state index contributed by atoms with van der Waals surface area (Å²) >= 11 is 6.20. The van der Waals surface area contributed by atoms with Crippen LogP contribution in [0, 0.1) is 0 Å². The molecule has 5 nitrogen and oxygen atoms in total. The molecule has 0 bridgehead atoms. The number of halogens is 1. The molecule has 1 unspecified atom stereocenters. The lowest BCUT2D eigenvalue weighted by molar-refractivity contribution is -0.139. The SMILES string of the molecule is CN(Cc1cc(Br)cs1)C(=O)NC(C(=O)O)c1cccs1. The lowest BCUT2D eigenvalue weighted by atomic mass is 10.2. The molecular weight excluding hydrogens is 376 g/mol. The lowest BCUT2D eigenvalue weighted by Gasteiger charge is -2.20. The van der Waals surface area contributed by atoms with Crippen molar-refractivity contribution in [2.24, 2.45) is 0 Å². The average Bonchev–Trinajstić information content (AvgIpc) is 3.07. The molecule has 0 aliphatic carbocycles. The van der Waals surface area contributed by atoms with Crippen LogP contribution in [-0.2, 0) is 11.3 Å². The summed E-state index contributed by atoms with van der Waals surface area (Å²) in [6.45, 7) is 0.429. The smallest absolute Gasteiger partial charge is 0.331 e. The van der Waals surface area contributed by atoms with Crippen LogP contribution in [0.3, 0.4) is 0 Å². The second-order valence-electron chi connectivity index (χ2n) is 4.32. The zero-order valence-corrected chi connectivity index (χ0v) is 14.3. The number of carboxylic acids is 1. The standard InChI is InChI=1S/C13H13BrN2O3S2/c1-16(6-9-5-8(14)7-21-9)13(19)15-11(12(17)18)10-3-2-4-20-10/h2-5,7,11H,6H2,1H3,(H,15,19)(H,17,18). The summed E-state index contributed by atoms with van der Waals surface area (Å²) in [5.74, 6) is -1.07. The van der Waals surface area contributed by atoms with Gasteiger partial charge in [-0.3, -0.25) is 0 Å². The van der Waals surface area contributed by atoms with E-state index in [2.05, 4.69) is 21.2 Å². The molecule has 8 heteroatoms. The van der Waals surface area contributed by atoms with Crippen molar-refractivity contribution in [3.63, 3.8) is 0 Å². The molecule has 2 N–H and O–H groups in total. The Balaban J connectivity index is 2.00. The molecule has 2 aromatic heterocycles. The van der Waals surface area contributed by atoms with Gasteiger partial charge in [-0.25, -0.2) is 9.59 Å². The molecule has 0 radical (unpaired) electrons. The van der Waals surface area contributed by atoms with Gasteiger partial charge in [-0.2, -0.15) is 0 Å². The van der Waals surface area contributed by atoms with Gasteiger partial charge in [0.2, 0.25) is 0 Å². The summed E-state index contributed by atoms with van der Waals surface area (Å²) in [7, 11) is 1.64. The van der Waals surface area contributed by atoms with Crippen molar-refractivity contribution in [2.45, 2.75) is 12.6 Å². The number of carbonyl (C=O) groups excluding carboxylic acids is 1. The van der Waals surface area contributed by atoms with E-state index in [1.165, 1.54) is 27.6 Å². The lowest BCUT2D eigenvalue weighted by Crippen LogP contribution is -2.41. The van der Waals surface area contributed by atoms with Gasteiger partial charge in [0.15, 0.2) is 6.04 Å². The molecule has 2 rings (SSSR count). The fraction of sp³-hybridized carbons (Fsp3) is 0.231. The first-order valence-corrected chi connectivity index (χ1v) is 8.53. The number of thiophene rings is 2. The van der Waals surface area contributed by atoms with Crippen molar-refractivity contribution in [2.75, 3.05) is 7.05 Å². The van der Waals surface area contributed by atoms with Crippen LogP contribution in [-0.4, -0.2) is 29.1 Å². The van der Waals surface area contributed by atoms with E-state index < -0.39 is 18.0 Å². The van der Waals surface area contributed by atoms with Crippen LogP contribution in [0.2, 0.25) is 0 Å². The third-order valence-corrected chi connectivity index (χ3v) is 5.32. The van der Waals surface area contributed by atoms with Crippen LogP contribution in [0.1, 0.15) is 15.8 Å². The number of amides is 2. The van der Waals surface area contributed by atoms with Crippen molar-refractivity contribution in [3.05, 3.63) is 43.2 Å². The number of aliphatic carboxylic acids is 1. The van der Waals surface area contributed by atoms with Gasteiger partial charge in [-0.15, -0.1) is 22.7 Å². The third kappa shape index (κ3) is 4.29. The number of hydrogen-bond donors (Lipinski definition) is 2. The van der Waals surface area contributed by atoms with E-state index in [4.69, 9.17) is 0 Å². The fourth-order valence-corrected chi connectivity index (χ4v) is 3.96. The number of carboxylic acid groups (broad SMARTS) is 1. The van der Waals surface area contributed by atoms with E-state index in [1.54, 1.807) is 24.6 Å². The molecular formula is C13H13BrN2O3S2. The van der Waals surface area contributed by atoms with Crippen LogP contribution in [0.15, 0.2) is 33.4 Å². The Morgan fingerprint density at radius 3 is 2.76 bits per heavy atom. The summed E-state index contributed by atoms with van der Waals surface area (Å²) in [6, 6.07) is 3.95. The van der Waals surface area contributed by atoms with Crippen LogP contribution in [0.5, 0.6) is 0 Å². The van der Waals surface area contributed by atoms with Gasteiger partial charge in [0, 0.05) is 26.7 Å². The highest BCUT2D eigenvalue weighted by Gasteiger charge is 2.24. The van der Waals surface area contributed by atoms with Crippen molar-refractivity contribution in [1.82, 2.24) is 10.2 Å². The Morgan fingerprint density at radius 2 is 2.24 bits per heavy atom. The normalized spacial score (nSPS) is 11.9. The second-order valence-corrected chi connectivity index (χ2v) is 7.21. The largest absolute Gasteiger partial charge is 0.479 e. The molecule has 1 atom stereocenters. The Labute approximate surface area is 138 Å². The van der Waals surface area contributed by atoms with Crippen LogP contribution < -0.4 is 5.32 Å². The van der Waals surface area contributed by atoms with Crippen molar-refractivity contribution in [3.8, 4) is 0 Å². The monoisotopic (exact) mass is 388 g/mol. The summed E-state index contributed by atoms with van der Waals surface area (Å²) in [4.78, 5) is 26.5. The zero-order chi connectivity index (χ0) is 15.4. The molecule has 2 aromatic rings. The molecule has 0 spiro atoms. The number of rotatable bonds is 5.